The van der Waals surface area contributed by atoms with Crippen molar-refractivity contribution in [2.45, 2.75) is 5.60 Å². The lowest BCUT2D eigenvalue weighted by Crippen LogP contribution is -2.34. The fraction of sp³-hybridized carbons (Fsp3) is 0.0667. The molecule has 18 heavy (non-hydrogen) atoms. The Balaban J connectivity index is 2.47. The van der Waals surface area contributed by atoms with Gasteiger partial charge in [0.2, 0.25) is 11.4 Å². The zero-order valence-corrected chi connectivity index (χ0v) is 9.58. The Labute approximate surface area is 105 Å². The van der Waals surface area contributed by atoms with Gasteiger partial charge in [-0.1, -0.05) is 60.7 Å². The van der Waals surface area contributed by atoms with E-state index in [4.69, 9.17) is 5.26 Å². The maximum atomic E-state index is 12.2. The van der Waals surface area contributed by atoms with Crippen LogP contribution in [0.2, 0.25) is 0 Å². The van der Waals surface area contributed by atoms with E-state index in [9.17, 15) is 9.90 Å². The van der Waals surface area contributed by atoms with Gasteiger partial charge >= 0.3 is 0 Å². The van der Waals surface area contributed by atoms with Crippen LogP contribution >= 0.6 is 0 Å². The van der Waals surface area contributed by atoms with Gasteiger partial charge in [-0.2, -0.15) is 5.26 Å². The number of carbonyl (C=O) groups excluding carboxylic acids is 1. The molecule has 0 aliphatic rings. The first-order chi connectivity index (χ1) is 8.68. The summed E-state index contributed by atoms with van der Waals surface area (Å²) in [5.74, 6) is -0.614. The Morgan fingerprint density at radius 3 is 2.00 bits per heavy atom. The normalized spacial score (nSPS) is 13.3. The molecule has 0 aliphatic carbocycles. The average Bonchev–Trinajstić information content (AvgIpc) is 2.47. The third kappa shape index (κ3) is 2.02. The number of carbonyl (C=O) groups is 1. The zero-order chi connectivity index (χ0) is 13.0. The molecule has 3 heteroatoms. The molecular formula is C15H11NO2. The van der Waals surface area contributed by atoms with Crippen molar-refractivity contribution >= 4 is 5.78 Å². The van der Waals surface area contributed by atoms with Crippen LogP contribution < -0.4 is 0 Å². The highest BCUT2D eigenvalue weighted by Gasteiger charge is 2.38. The maximum absolute atomic E-state index is 12.2. The van der Waals surface area contributed by atoms with Crippen molar-refractivity contribution < 1.29 is 9.90 Å². The standard InChI is InChI=1S/C15H11NO2/c16-11-15(18,13-9-5-2-6-10-13)14(17)12-7-3-1-4-8-12/h1-10,18H. The van der Waals surface area contributed by atoms with Crippen molar-refractivity contribution in [3.63, 3.8) is 0 Å². The minimum Gasteiger partial charge on any atom is -0.365 e. The molecule has 1 atom stereocenters. The second-order valence-electron chi connectivity index (χ2n) is 3.88. The molecule has 0 fully saturated rings. The molecule has 0 saturated carbocycles. The monoisotopic (exact) mass is 237 g/mol. The summed E-state index contributed by atoms with van der Waals surface area (Å²) in [5, 5.41) is 19.5. The maximum Gasteiger partial charge on any atom is 0.240 e. The number of hydrogen-bond acceptors (Lipinski definition) is 3. The SMILES string of the molecule is N#CC(O)(C(=O)c1ccccc1)c1ccccc1. The van der Waals surface area contributed by atoms with Crippen LogP contribution in [0.4, 0.5) is 0 Å². The minimum absolute atomic E-state index is 0.279. The van der Waals surface area contributed by atoms with Crippen LogP contribution in [-0.2, 0) is 5.60 Å². The summed E-state index contributed by atoms with van der Waals surface area (Å²) in [6, 6.07) is 18.2. The molecule has 0 amide bonds. The number of hydrogen-bond donors (Lipinski definition) is 1. The highest BCUT2D eigenvalue weighted by Crippen LogP contribution is 2.24. The van der Waals surface area contributed by atoms with E-state index in [1.165, 1.54) is 0 Å². The first-order valence-corrected chi connectivity index (χ1v) is 5.47. The molecule has 2 rings (SSSR count). The van der Waals surface area contributed by atoms with Gasteiger partial charge in [-0.15, -0.1) is 0 Å². The van der Waals surface area contributed by atoms with Gasteiger partial charge in [0.25, 0.3) is 0 Å². The second-order valence-corrected chi connectivity index (χ2v) is 3.88. The molecule has 88 valence electrons. The summed E-state index contributed by atoms with van der Waals surface area (Å²) in [6.07, 6.45) is 0. The lowest BCUT2D eigenvalue weighted by Gasteiger charge is -2.19. The molecule has 0 radical (unpaired) electrons. The number of benzene rings is 2. The molecule has 0 heterocycles. The van der Waals surface area contributed by atoms with Crippen molar-refractivity contribution in [1.29, 1.82) is 5.26 Å². The Morgan fingerprint density at radius 2 is 1.50 bits per heavy atom. The zero-order valence-electron chi connectivity index (χ0n) is 9.58. The van der Waals surface area contributed by atoms with E-state index in [2.05, 4.69) is 0 Å². The van der Waals surface area contributed by atoms with Crippen LogP contribution in [0, 0.1) is 11.3 Å². The number of nitrogens with zero attached hydrogens (tertiary/aromatic N) is 1. The number of Topliss-reactive ketones (excluding diaryl/α,β-unsaturated/α-hetero) is 1. The smallest absolute Gasteiger partial charge is 0.240 e. The van der Waals surface area contributed by atoms with Crippen LogP contribution in [0.15, 0.2) is 60.7 Å². The average molecular weight is 237 g/mol. The van der Waals surface area contributed by atoms with Crippen molar-refractivity contribution in [2.75, 3.05) is 0 Å². The molecule has 0 saturated heterocycles. The highest BCUT2D eigenvalue weighted by molar-refractivity contribution is 6.04. The van der Waals surface area contributed by atoms with E-state index in [1.54, 1.807) is 66.7 Å². The van der Waals surface area contributed by atoms with Gasteiger partial charge in [-0.3, -0.25) is 4.79 Å². The van der Waals surface area contributed by atoms with Gasteiger partial charge in [0, 0.05) is 11.1 Å². The number of ketones is 1. The van der Waals surface area contributed by atoms with E-state index in [0.717, 1.165) is 0 Å². The molecule has 3 nitrogen and oxygen atoms in total. The summed E-state index contributed by atoms with van der Waals surface area (Å²) in [7, 11) is 0. The Morgan fingerprint density at radius 1 is 1.00 bits per heavy atom. The quantitative estimate of drug-likeness (QED) is 0.658. The van der Waals surface area contributed by atoms with E-state index in [-0.39, 0.29) is 5.56 Å². The highest BCUT2D eigenvalue weighted by atomic mass is 16.3. The lowest BCUT2D eigenvalue weighted by atomic mass is 9.87. The Bertz CT molecular complexity index is 587. The van der Waals surface area contributed by atoms with Gasteiger partial charge in [0.05, 0.1) is 0 Å². The summed E-state index contributed by atoms with van der Waals surface area (Å²) in [4.78, 5) is 12.2. The third-order valence-corrected chi connectivity index (χ3v) is 2.72. The number of rotatable bonds is 3. The van der Waals surface area contributed by atoms with Crippen molar-refractivity contribution in [3.8, 4) is 6.07 Å². The van der Waals surface area contributed by atoms with Crippen LogP contribution in [0.3, 0.4) is 0 Å². The van der Waals surface area contributed by atoms with Gasteiger partial charge in [0.1, 0.15) is 6.07 Å². The van der Waals surface area contributed by atoms with Crippen LogP contribution in [0.25, 0.3) is 0 Å². The summed E-state index contributed by atoms with van der Waals surface area (Å²) in [6.45, 7) is 0. The lowest BCUT2D eigenvalue weighted by molar-refractivity contribution is 0.0546. The fourth-order valence-electron chi connectivity index (χ4n) is 1.72. The third-order valence-electron chi connectivity index (χ3n) is 2.72. The molecule has 0 aliphatic heterocycles. The van der Waals surface area contributed by atoms with Crippen molar-refractivity contribution in [3.05, 3.63) is 71.8 Å². The number of nitriles is 1. The van der Waals surface area contributed by atoms with E-state index >= 15 is 0 Å². The summed E-state index contributed by atoms with van der Waals surface area (Å²) in [5.41, 5.74) is -1.55. The molecule has 0 spiro atoms. The predicted molar refractivity (Wildman–Crippen MR) is 66.7 cm³/mol. The molecule has 1 unspecified atom stereocenters. The van der Waals surface area contributed by atoms with Gasteiger partial charge in [-0.05, 0) is 0 Å². The fourth-order valence-corrected chi connectivity index (χ4v) is 1.72. The molecule has 2 aromatic carbocycles. The van der Waals surface area contributed by atoms with Crippen molar-refractivity contribution in [2.24, 2.45) is 0 Å². The topological polar surface area (TPSA) is 61.1 Å². The second kappa shape index (κ2) is 4.82. The van der Waals surface area contributed by atoms with Gasteiger partial charge in [-0.25, -0.2) is 0 Å². The summed E-state index contributed by atoms with van der Waals surface area (Å²) < 4.78 is 0. The van der Waals surface area contributed by atoms with Crippen LogP contribution in [0.5, 0.6) is 0 Å². The van der Waals surface area contributed by atoms with Gasteiger partial charge < -0.3 is 5.11 Å². The van der Waals surface area contributed by atoms with Crippen LogP contribution in [-0.4, -0.2) is 10.9 Å². The Kier molecular flexibility index (Phi) is 3.22. The first-order valence-electron chi connectivity index (χ1n) is 5.47. The van der Waals surface area contributed by atoms with E-state index in [1.807, 2.05) is 0 Å². The minimum atomic E-state index is -2.14. The molecule has 0 aromatic heterocycles. The first kappa shape index (κ1) is 12.0. The van der Waals surface area contributed by atoms with Crippen molar-refractivity contribution in [1.82, 2.24) is 0 Å². The number of aliphatic hydroxyl groups is 1. The van der Waals surface area contributed by atoms with Gasteiger partial charge in [0.15, 0.2) is 0 Å². The molecular weight excluding hydrogens is 226 g/mol. The van der Waals surface area contributed by atoms with E-state index in [0.29, 0.717) is 5.56 Å². The largest absolute Gasteiger partial charge is 0.365 e. The van der Waals surface area contributed by atoms with E-state index < -0.39 is 11.4 Å². The summed E-state index contributed by atoms with van der Waals surface area (Å²) >= 11 is 0. The Hall–Kier alpha value is -2.44. The molecule has 0 bridgehead atoms. The predicted octanol–water partition coefficient (Wildman–Crippen LogP) is 2.28. The molecule has 1 N–H and O–H groups in total. The molecule has 2 aromatic rings. The van der Waals surface area contributed by atoms with Crippen LogP contribution in [0.1, 0.15) is 15.9 Å².